The van der Waals surface area contributed by atoms with Gasteiger partial charge in [-0.2, -0.15) is 4.98 Å². The van der Waals surface area contributed by atoms with Gasteiger partial charge in [-0.15, -0.1) is 0 Å². The van der Waals surface area contributed by atoms with Crippen LogP contribution in [0.1, 0.15) is 25.7 Å². The van der Waals surface area contributed by atoms with Gasteiger partial charge in [-0.3, -0.25) is 0 Å². The third-order valence-electron chi connectivity index (χ3n) is 2.49. The Morgan fingerprint density at radius 3 is 2.79 bits per heavy atom. The molecule has 19 heavy (non-hydrogen) atoms. The van der Waals surface area contributed by atoms with Crippen molar-refractivity contribution in [2.75, 3.05) is 6.61 Å². The number of ether oxygens (including phenoxy) is 1. The predicted molar refractivity (Wildman–Crippen MR) is 67.7 cm³/mol. The van der Waals surface area contributed by atoms with Crippen LogP contribution in [0.15, 0.2) is 28.8 Å². The summed E-state index contributed by atoms with van der Waals surface area (Å²) in [6.07, 6.45) is 0.0731. The lowest BCUT2D eigenvalue weighted by Gasteiger charge is -2.10. The van der Waals surface area contributed by atoms with Crippen molar-refractivity contribution in [1.29, 1.82) is 0 Å². The Bertz CT molecular complexity index is 542. The first-order valence-corrected chi connectivity index (χ1v) is 6.03. The molecular weight excluding hydrogens is 249 g/mol. The lowest BCUT2D eigenvalue weighted by Crippen LogP contribution is -2.20. The first-order chi connectivity index (χ1) is 9.08. The quantitative estimate of drug-likeness (QED) is 0.897. The highest BCUT2D eigenvalue weighted by molar-refractivity contribution is 5.53. The average molecular weight is 265 g/mol. The Labute approximate surface area is 110 Å². The normalized spacial score (nSPS) is 12.9. The van der Waals surface area contributed by atoms with Crippen LogP contribution in [0.2, 0.25) is 0 Å². The van der Waals surface area contributed by atoms with E-state index in [4.69, 9.17) is 15.0 Å². The summed E-state index contributed by atoms with van der Waals surface area (Å²) in [4.78, 5) is 4.10. The van der Waals surface area contributed by atoms with E-state index in [9.17, 15) is 4.39 Å². The average Bonchev–Trinajstić information content (AvgIpc) is 2.86. The fraction of sp³-hybridized carbons (Fsp3) is 0.385. The second-order valence-electron chi connectivity index (χ2n) is 4.43. The summed E-state index contributed by atoms with van der Waals surface area (Å²) in [5, 5.41) is 3.75. The van der Waals surface area contributed by atoms with Crippen LogP contribution >= 0.6 is 0 Å². The number of hydrogen-bond donors (Lipinski definition) is 1. The van der Waals surface area contributed by atoms with Gasteiger partial charge in [0.25, 0.3) is 5.89 Å². The van der Waals surface area contributed by atoms with E-state index in [1.165, 1.54) is 6.07 Å². The summed E-state index contributed by atoms with van der Waals surface area (Å²) >= 11 is 0. The molecule has 1 aromatic heterocycles. The Morgan fingerprint density at radius 2 is 2.11 bits per heavy atom. The molecule has 0 amide bonds. The fourth-order valence-electron chi connectivity index (χ4n) is 1.50. The molecule has 6 heteroatoms. The molecule has 5 nitrogen and oxygen atoms in total. The van der Waals surface area contributed by atoms with Crippen molar-refractivity contribution in [3.05, 3.63) is 35.9 Å². The monoisotopic (exact) mass is 265 g/mol. The SMILES string of the molecule is CC(C)OCC(N)c1noc(-c2ccccc2F)n1. The Hall–Kier alpha value is -1.79. The van der Waals surface area contributed by atoms with Crippen molar-refractivity contribution >= 4 is 0 Å². The second-order valence-corrected chi connectivity index (χ2v) is 4.43. The molecule has 1 heterocycles. The number of halogens is 1. The van der Waals surface area contributed by atoms with E-state index in [1.54, 1.807) is 18.2 Å². The molecule has 0 fully saturated rings. The predicted octanol–water partition coefficient (Wildman–Crippen LogP) is 2.30. The fourth-order valence-corrected chi connectivity index (χ4v) is 1.50. The van der Waals surface area contributed by atoms with E-state index in [0.29, 0.717) is 5.82 Å². The minimum Gasteiger partial charge on any atom is -0.377 e. The maximum absolute atomic E-state index is 13.6. The van der Waals surface area contributed by atoms with Crippen molar-refractivity contribution in [2.24, 2.45) is 5.73 Å². The number of benzene rings is 1. The zero-order chi connectivity index (χ0) is 13.8. The highest BCUT2D eigenvalue weighted by Crippen LogP contribution is 2.21. The van der Waals surface area contributed by atoms with Gasteiger partial charge in [0, 0.05) is 0 Å². The number of hydrogen-bond acceptors (Lipinski definition) is 5. The van der Waals surface area contributed by atoms with Gasteiger partial charge in [-0.05, 0) is 26.0 Å². The van der Waals surface area contributed by atoms with Crippen LogP contribution in [0.5, 0.6) is 0 Å². The third kappa shape index (κ3) is 3.36. The summed E-state index contributed by atoms with van der Waals surface area (Å²) in [7, 11) is 0. The van der Waals surface area contributed by atoms with Crippen molar-refractivity contribution < 1.29 is 13.7 Å². The van der Waals surface area contributed by atoms with E-state index in [0.717, 1.165) is 0 Å². The van der Waals surface area contributed by atoms with Crippen LogP contribution < -0.4 is 5.73 Å². The summed E-state index contributed by atoms with van der Waals surface area (Å²) in [5.74, 6) is 0.0108. The standard InChI is InChI=1S/C13H16FN3O2/c1-8(2)18-7-11(15)12-16-13(19-17-12)9-5-3-4-6-10(9)14/h3-6,8,11H,7,15H2,1-2H3. The molecule has 1 aromatic carbocycles. The minimum absolute atomic E-state index is 0.0731. The highest BCUT2D eigenvalue weighted by Gasteiger charge is 2.17. The molecule has 0 saturated heterocycles. The van der Waals surface area contributed by atoms with E-state index in [-0.39, 0.29) is 24.2 Å². The van der Waals surface area contributed by atoms with Gasteiger partial charge >= 0.3 is 0 Å². The molecule has 0 spiro atoms. The molecule has 2 aromatic rings. The van der Waals surface area contributed by atoms with Gasteiger partial charge < -0.3 is 15.0 Å². The molecule has 1 atom stereocenters. The molecule has 0 aliphatic heterocycles. The van der Waals surface area contributed by atoms with Gasteiger partial charge in [-0.1, -0.05) is 17.3 Å². The van der Waals surface area contributed by atoms with Gasteiger partial charge in [-0.25, -0.2) is 4.39 Å². The van der Waals surface area contributed by atoms with Crippen LogP contribution in [0.25, 0.3) is 11.5 Å². The smallest absolute Gasteiger partial charge is 0.260 e. The maximum atomic E-state index is 13.6. The molecule has 0 bridgehead atoms. The molecule has 0 aliphatic rings. The van der Waals surface area contributed by atoms with Gasteiger partial charge in [0.2, 0.25) is 0 Å². The van der Waals surface area contributed by atoms with Crippen molar-refractivity contribution in [1.82, 2.24) is 10.1 Å². The van der Waals surface area contributed by atoms with Crippen LogP contribution in [-0.4, -0.2) is 22.9 Å². The summed E-state index contributed by atoms with van der Waals surface area (Å²) < 4.78 is 24.0. The van der Waals surface area contributed by atoms with E-state index >= 15 is 0 Å². The Kier molecular flexibility index (Phi) is 4.24. The molecule has 0 aliphatic carbocycles. The lowest BCUT2D eigenvalue weighted by atomic mass is 10.2. The van der Waals surface area contributed by atoms with Crippen molar-refractivity contribution in [2.45, 2.75) is 26.0 Å². The van der Waals surface area contributed by atoms with Crippen molar-refractivity contribution in [3.63, 3.8) is 0 Å². The van der Waals surface area contributed by atoms with Gasteiger partial charge in [0.05, 0.1) is 24.3 Å². The first kappa shape index (κ1) is 13.6. The van der Waals surface area contributed by atoms with Crippen LogP contribution in [0, 0.1) is 5.82 Å². The summed E-state index contributed by atoms with van der Waals surface area (Å²) in [5.41, 5.74) is 6.13. The Morgan fingerprint density at radius 1 is 1.37 bits per heavy atom. The minimum atomic E-state index is -0.494. The van der Waals surface area contributed by atoms with Crippen molar-refractivity contribution in [3.8, 4) is 11.5 Å². The van der Waals surface area contributed by atoms with E-state index in [1.807, 2.05) is 13.8 Å². The van der Waals surface area contributed by atoms with Gasteiger partial charge in [0.15, 0.2) is 5.82 Å². The lowest BCUT2D eigenvalue weighted by molar-refractivity contribution is 0.0665. The zero-order valence-electron chi connectivity index (χ0n) is 10.8. The largest absolute Gasteiger partial charge is 0.377 e. The molecule has 0 radical (unpaired) electrons. The first-order valence-electron chi connectivity index (χ1n) is 6.03. The Balaban J connectivity index is 2.13. The summed E-state index contributed by atoms with van der Waals surface area (Å²) in [6.45, 7) is 4.11. The van der Waals surface area contributed by atoms with Crippen LogP contribution in [0.3, 0.4) is 0 Å². The number of aromatic nitrogens is 2. The summed E-state index contributed by atoms with van der Waals surface area (Å²) in [6, 6.07) is 5.71. The second kappa shape index (κ2) is 5.90. The third-order valence-corrected chi connectivity index (χ3v) is 2.49. The molecule has 2 N–H and O–H groups in total. The molecular formula is C13H16FN3O2. The van der Waals surface area contributed by atoms with Gasteiger partial charge in [0.1, 0.15) is 5.82 Å². The highest BCUT2D eigenvalue weighted by atomic mass is 19.1. The van der Waals surface area contributed by atoms with E-state index < -0.39 is 11.9 Å². The molecule has 2 rings (SSSR count). The zero-order valence-corrected chi connectivity index (χ0v) is 10.8. The topological polar surface area (TPSA) is 74.2 Å². The molecule has 102 valence electrons. The van der Waals surface area contributed by atoms with E-state index in [2.05, 4.69) is 10.1 Å². The van der Waals surface area contributed by atoms with Crippen LogP contribution in [-0.2, 0) is 4.74 Å². The number of rotatable bonds is 5. The maximum Gasteiger partial charge on any atom is 0.260 e. The molecule has 1 unspecified atom stereocenters. The molecule has 0 saturated carbocycles. The number of nitrogens with two attached hydrogens (primary N) is 1. The number of nitrogens with zero attached hydrogens (tertiary/aromatic N) is 2. The van der Waals surface area contributed by atoms with Crippen LogP contribution in [0.4, 0.5) is 4.39 Å².